The Bertz CT molecular complexity index is 1510. The number of fused-ring (bicyclic) bond motifs is 3. The van der Waals surface area contributed by atoms with Crippen LogP contribution < -0.4 is 24.8 Å². The van der Waals surface area contributed by atoms with Gasteiger partial charge in [0.25, 0.3) is 0 Å². The van der Waals surface area contributed by atoms with Gasteiger partial charge in [-0.15, -0.1) is 39.7 Å². The first-order chi connectivity index (χ1) is 18.6. The molecule has 0 aromatic heterocycles. The van der Waals surface area contributed by atoms with Gasteiger partial charge in [-0.1, -0.05) is 75.4 Å². The number of halogens is 2. The van der Waals surface area contributed by atoms with Gasteiger partial charge in [0.15, 0.2) is 0 Å². The Kier molecular flexibility index (Phi) is 13.3. The SMILES string of the molecule is CC1[C-]=CC(C(C)(C)C)=C1.Cc1ccc([C](=[Zr+2])c2ccc(C)cc2)cc1.[Cl-].[Cl-].c1ccc2c(c1)[cH-]c1ccccc12. The Hall–Kier alpha value is -2.44. The van der Waals surface area contributed by atoms with Crippen LogP contribution >= 0.6 is 0 Å². The van der Waals surface area contributed by atoms with Gasteiger partial charge in [-0.25, -0.2) is 6.08 Å². The molecular weight excluding hydrogens is 619 g/mol. The zero-order valence-corrected chi connectivity index (χ0v) is 28.8. The minimum atomic E-state index is 0. The van der Waals surface area contributed by atoms with E-state index in [9.17, 15) is 0 Å². The van der Waals surface area contributed by atoms with Gasteiger partial charge in [0.2, 0.25) is 0 Å². The first kappa shape index (κ1) is 34.8. The van der Waals surface area contributed by atoms with Crippen molar-refractivity contribution in [2.24, 2.45) is 11.3 Å². The van der Waals surface area contributed by atoms with Gasteiger partial charge >= 0.3 is 112 Å². The molecule has 1 aliphatic carbocycles. The van der Waals surface area contributed by atoms with Crippen molar-refractivity contribution in [3.63, 3.8) is 0 Å². The molecular formula is C38H38Cl2Zr-2. The fraction of sp³-hybridized carbons (Fsp3) is 0.211. The molecule has 0 aliphatic heterocycles. The molecule has 0 nitrogen and oxygen atoms in total. The van der Waals surface area contributed by atoms with E-state index in [0.717, 1.165) is 0 Å². The molecule has 5 aromatic carbocycles. The Labute approximate surface area is 274 Å². The van der Waals surface area contributed by atoms with Crippen molar-refractivity contribution in [2.75, 3.05) is 0 Å². The molecule has 0 spiro atoms. The van der Waals surface area contributed by atoms with Crippen LogP contribution in [0, 0.1) is 31.3 Å². The van der Waals surface area contributed by atoms with Gasteiger partial charge in [-0.3, -0.25) is 6.08 Å². The van der Waals surface area contributed by atoms with E-state index in [4.69, 9.17) is 0 Å². The summed E-state index contributed by atoms with van der Waals surface area (Å²) in [5, 5.41) is 5.39. The molecule has 1 unspecified atom stereocenters. The Balaban J connectivity index is 0.000000215. The summed E-state index contributed by atoms with van der Waals surface area (Å²) in [6, 6.07) is 36.8. The molecule has 6 rings (SSSR count). The summed E-state index contributed by atoms with van der Waals surface area (Å²) in [6.45, 7) is 13.1. The molecule has 0 N–H and O–H groups in total. The number of aryl methyl sites for hydroxylation is 2. The van der Waals surface area contributed by atoms with E-state index in [1.807, 2.05) is 0 Å². The molecule has 1 atom stereocenters. The topological polar surface area (TPSA) is 0 Å². The zero-order chi connectivity index (χ0) is 28.0. The fourth-order valence-electron chi connectivity index (χ4n) is 4.56. The Morgan fingerprint density at radius 2 is 1.10 bits per heavy atom. The normalized spacial score (nSPS) is 13.7. The van der Waals surface area contributed by atoms with Crippen LogP contribution in [-0.4, -0.2) is 3.21 Å². The third kappa shape index (κ3) is 9.54. The van der Waals surface area contributed by atoms with Crippen LogP contribution in [-0.2, 0) is 24.2 Å². The quantitative estimate of drug-likeness (QED) is 0.251. The second-order valence-electron chi connectivity index (χ2n) is 11.4. The van der Waals surface area contributed by atoms with E-state index in [1.165, 1.54) is 76.8 Å². The minimum absolute atomic E-state index is 0. The van der Waals surface area contributed by atoms with Gasteiger partial charge in [0.1, 0.15) is 0 Å². The fourth-order valence-corrected chi connectivity index (χ4v) is 5.38. The van der Waals surface area contributed by atoms with Crippen LogP contribution in [0.1, 0.15) is 49.9 Å². The van der Waals surface area contributed by atoms with Crippen molar-refractivity contribution < 1.29 is 49.0 Å². The summed E-state index contributed by atoms with van der Waals surface area (Å²) in [5.74, 6) is 0.522. The first-order valence-electron chi connectivity index (χ1n) is 13.7. The maximum absolute atomic E-state index is 3.26. The van der Waals surface area contributed by atoms with E-state index < -0.39 is 0 Å². The van der Waals surface area contributed by atoms with Crippen molar-refractivity contribution in [2.45, 2.75) is 41.5 Å². The number of rotatable bonds is 2. The number of hydrogen-bond acceptors (Lipinski definition) is 0. The van der Waals surface area contributed by atoms with Crippen LogP contribution in [0.5, 0.6) is 0 Å². The molecule has 210 valence electrons. The average Bonchev–Trinajstić information content (AvgIpc) is 3.54. The van der Waals surface area contributed by atoms with Gasteiger partial charge < -0.3 is 24.8 Å². The largest absolute Gasteiger partial charge is 1.00 e. The van der Waals surface area contributed by atoms with Crippen molar-refractivity contribution in [3.05, 3.63) is 149 Å². The van der Waals surface area contributed by atoms with E-state index in [1.54, 1.807) is 0 Å². The number of allylic oxidation sites excluding steroid dienone is 4. The van der Waals surface area contributed by atoms with Crippen molar-refractivity contribution in [3.8, 4) is 0 Å². The second-order valence-corrected chi connectivity index (χ2v) is 12.6. The van der Waals surface area contributed by atoms with Crippen molar-refractivity contribution in [1.29, 1.82) is 0 Å². The summed E-state index contributed by atoms with van der Waals surface area (Å²) in [7, 11) is 0. The molecule has 0 fully saturated rings. The van der Waals surface area contributed by atoms with Gasteiger partial charge in [0, 0.05) is 0 Å². The van der Waals surface area contributed by atoms with E-state index in [0.29, 0.717) is 11.3 Å². The molecule has 0 bridgehead atoms. The Morgan fingerprint density at radius 3 is 1.44 bits per heavy atom. The summed E-state index contributed by atoms with van der Waals surface area (Å²) < 4.78 is 1.42. The summed E-state index contributed by atoms with van der Waals surface area (Å²) in [5.41, 5.74) is 7.03. The third-order valence-corrected chi connectivity index (χ3v) is 8.42. The predicted octanol–water partition coefficient (Wildman–Crippen LogP) is 4.11. The Morgan fingerprint density at radius 1 is 0.683 bits per heavy atom. The molecule has 41 heavy (non-hydrogen) atoms. The van der Waals surface area contributed by atoms with Gasteiger partial charge in [-0.05, 0) is 0 Å². The summed E-state index contributed by atoms with van der Waals surface area (Å²) in [6.07, 6.45) is 7.65. The van der Waals surface area contributed by atoms with E-state index >= 15 is 0 Å². The molecule has 0 heterocycles. The molecule has 0 radical (unpaired) electrons. The van der Waals surface area contributed by atoms with Crippen LogP contribution in [0.2, 0.25) is 0 Å². The smallest absolute Gasteiger partial charge is 0.0771 e. The van der Waals surface area contributed by atoms with Crippen LogP contribution in [0.15, 0.2) is 121 Å². The monoisotopic (exact) mass is 654 g/mol. The predicted molar refractivity (Wildman–Crippen MR) is 167 cm³/mol. The summed E-state index contributed by atoms with van der Waals surface area (Å²) in [4.78, 5) is 0. The molecule has 0 amide bonds. The molecule has 0 saturated carbocycles. The van der Waals surface area contributed by atoms with E-state index in [2.05, 4.69) is 163 Å². The van der Waals surface area contributed by atoms with Gasteiger partial charge in [0.05, 0.1) is 0 Å². The maximum Gasteiger partial charge on any atom is -0.0771 e. The van der Waals surface area contributed by atoms with Crippen LogP contribution in [0.4, 0.5) is 0 Å². The van der Waals surface area contributed by atoms with Gasteiger partial charge in [-0.2, -0.15) is 11.6 Å². The molecule has 5 aromatic rings. The first-order valence-corrected chi connectivity index (χ1v) is 14.9. The van der Waals surface area contributed by atoms with Crippen LogP contribution in [0.25, 0.3) is 21.5 Å². The van der Waals surface area contributed by atoms with Crippen molar-refractivity contribution in [1.82, 2.24) is 0 Å². The number of benzene rings is 4. The maximum atomic E-state index is 3.26. The molecule has 1 aliphatic rings. The number of hydrogen-bond donors (Lipinski definition) is 0. The average molecular weight is 657 g/mol. The van der Waals surface area contributed by atoms with Crippen LogP contribution in [0.3, 0.4) is 0 Å². The molecule has 0 saturated heterocycles. The standard InChI is InChI=1S/C15H14.C13H9.C10H15.2ClH.Zr/c1-12-3-7-14(8-4-12)11-15-9-5-13(2)6-10-15;1-3-7-12-10(5-1)9-11-6-2-4-8-13(11)12;1-8-5-6-9(7-8)10(2,3)4;;;/h3-10H,1-2H3;1-9H;6-8H,1-4H3;2*1H;/q;2*-1;;;+2/p-2. The minimum Gasteiger partial charge on any atom is -1.00 e. The zero-order valence-electron chi connectivity index (χ0n) is 24.8. The second kappa shape index (κ2) is 15.7. The molecule has 3 heteroatoms. The van der Waals surface area contributed by atoms with Crippen molar-refractivity contribution >= 4 is 24.8 Å². The summed E-state index contributed by atoms with van der Waals surface area (Å²) >= 11 is 1.46. The van der Waals surface area contributed by atoms with E-state index in [-0.39, 0.29) is 24.8 Å². The third-order valence-electron chi connectivity index (χ3n) is 7.00.